The molecule has 1 aromatic heterocycles. The number of aryl methyl sites for hydroxylation is 1. The second-order valence-electron chi connectivity index (χ2n) is 7.04. The van der Waals surface area contributed by atoms with Crippen molar-refractivity contribution in [2.24, 2.45) is 4.99 Å². The second-order valence-corrected chi connectivity index (χ2v) is 7.04. The van der Waals surface area contributed by atoms with Gasteiger partial charge in [0.2, 0.25) is 0 Å². The van der Waals surface area contributed by atoms with Crippen molar-refractivity contribution in [2.75, 3.05) is 20.3 Å². The third-order valence-electron chi connectivity index (χ3n) is 4.85. The Labute approximate surface area is 172 Å². The molecule has 1 atom stereocenters. The minimum atomic E-state index is 0.260. The van der Waals surface area contributed by atoms with Crippen LogP contribution in [0.3, 0.4) is 0 Å². The summed E-state index contributed by atoms with van der Waals surface area (Å²) in [6, 6.07) is 8.56. The smallest absolute Gasteiger partial charge is 0.191 e. The maximum Gasteiger partial charge on any atom is 0.191 e. The number of methoxy groups -OCH3 is 1. The number of rotatable bonds is 9. The first-order chi connectivity index (χ1) is 14.2. The molecule has 0 radical (unpaired) electrons. The highest BCUT2D eigenvalue weighted by atomic mass is 16.5. The van der Waals surface area contributed by atoms with Gasteiger partial charge < -0.3 is 20.1 Å². The van der Waals surface area contributed by atoms with Crippen molar-refractivity contribution in [1.82, 2.24) is 25.4 Å². The van der Waals surface area contributed by atoms with Gasteiger partial charge in [0.05, 0.1) is 19.7 Å². The Morgan fingerprint density at radius 3 is 2.83 bits per heavy atom. The van der Waals surface area contributed by atoms with E-state index in [4.69, 9.17) is 14.5 Å². The third kappa shape index (κ3) is 6.01. The Bertz CT molecular complexity index is 804. The molecule has 2 aromatic rings. The molecule has 2 heterocycles. The van der Waals surface area contributed by atoms with E-state index in [1.165, 1.54) is 11.1 Å². The molecule has 0 saturated carbocycles. The van der Waals surface area contributed by atoms with Crippen LogP contribution in [0.5, 0.6) is 0 Å². The monoisotopic (exact) mass is 400 g/mol. The highest BCUT2D eigenvalue weighted by Gasteiger charge is 2.22. The minimum Gasteiger partial charge on any atom is -0.377 e. The van der Waals surface area contributed by atoms with Crippen molar-refractivity contribution in [3.63, 3.8) is 0 Å². The van der Waals surface area contributed by atoms with Gasteiger partial charge in [-0.05, 0) is 31.4 Å². The highest BCUT2D eigenvalue weighted by Crippen LogP contribution is 2.14. The van der Waals surface area contributed by atoms with Gasteiger partial charge in [0, 0.05) is 32.7 Å². The Morgan fingerprint density at radius 1 is 1.24 bits per heavy atom. The van der Waals surface area contributed by atoms with Crippen LogP contribution in [0.4, 0.5) is 0 Å². The first-order valence-corrected chi connectivity index (χ1v) is 10.3. The number of fused-ring (bicyclic) bond motifs is 1. The molecule has 1 aliphatic rings. The lowest BCUT2D eigenvalue weighted by Gasteiger charge is -2.25. The summed E-state index contributed by atoms with van der Waals surface area (Å²) in [5.74, 6) is 2.60. The van der Waals surface area contributed by atoms with Crippen molar-refractivity contribution < 1.29 is 9.47 Å². The lowest BCUT2D eigenvalue weighted by molar-refractivity contribution is 0.133. The zero-order chi connectivity index (χ0) is 20.5. The first kappa shape index (κ1) is 21.3. The van der Waals surface area contributed by atoms with Crippen molar-refractivity contribution in [2.45, 2.75) is 59.0 Å². The van der Waals surface area contributed by atoms with Gasteiger partial charge in [-0.3, -0.25) is 0 Å². The van der Waals surface area contributed by atoms with Crippen LogP contribution in [0.15, 0.2) is 29.3 Å². The van der Waals surface area contributed by atoms with Crippen molar-refractivity contribution in [3.05, 3.63) is 47.0 Å². The van der Waals surface area contributed by atoms with Crippen LogP contribution in [-0.2, 0) is 42.2 Å². The number of aromatic nitrogens is 3. The molecule has 0 aliphatic carbocycles. The quantitative estimate of drug-likeness (QED) is 0.495. The van der Waals surface area contributed by atoms with Crippen LogP contribution >= 0.6 is 0 Å². The van der Waals surface area contributed by atoms with E-state index in [1.807, 2.05) is 23.7 Å². The van der Waals surface area contributed by atoms with Crippen molar-refractivity contribution in [1.29, 1.82) is 0 Å². The topological polar surface area (TPSA) is 85.6 Å². The predicted octanol–water partition coefficient (Wildman–Crippen LogP) is 2.03. The molecule has 1 aromatic carbocycles. The lowest BCUT2D eigenvalue weighted by Crippen LogP contribution is -2.47. The Kier molecular flexibility index (Phi) is 8.01. The molecule has 0 amide bonds. The zero-order valence-electron chi connectivity index (χ0n) is 17.6. The second kappa shape index (κ2) is 10.9. The summed E-state index contributed by atoms with van der Waals surface area (Å²) in [5, 5.41) is 11.5. The average molecular weight is 401 g/mol. The minimum absolute atomic E-state index is 0.260. The molecule has 29 heavy (non-hydrogen) atoms. The normalized spacial score (nSPS) is 16.5. The van der Waals surface area contributed by atoms with E-state index in [-0.39, 0.29) is 6.04 Å². The van der Waals surface area contributed by atoms with Crippen LogP contribution in [0.1, 0.15) is 43.0 Å². The number of guanidine groups is 1. The van der Waals surface area contributed by atoms with Gasteiger partial charge in [0.25, 0.3) is 0 Å². The SMILES string of the molecule is CCNC(=NCc1ccccc1COCC)NC1CCc2nc(COC)nn2C1. The first-order valence-electron chi connectivity index (χ1n) is 10.3. The molecule has 0 saturated heterocycles. The summed E-state index contributed by atoms with van der Waals surface area (Å²) in [6.45, 7) is 8.06. The summed E-state index contributed by atoms with van der Waals surface area (Å²) in [4.78, 5) is 9.35. The number of ether oxygens (including phenoxy) is 2. The number of aliphatic imine (C=N–C) groups is 1. The van der Waals surface area contributed by atoms with Gasteiger partial charge in [0.1, 0.15) is 12.4 Å². The summed E-state index contributed by atoms with van der Waals surface area (Å²) in [6.07, 6.45) is 1.89. The zero-order valence-corrected chi connectivity index (χ0v) is 17.6. The van der Waals surface area contributed by atoms with Crippen molar-refractivity contribution in [3.8, 4) is 0 Å². The Balaban J connectivity index is 1.64. The fraction of sp³-hybridized carbons (Fsp3) is 0.571. The van der Waals surface area contributed by atoms with E-state index in [0.717, 1.165) is 43.5 Å². The van der Waals surface area contributed by atoms with Crippen LogP contribution in [0.25, 0.3) is 0 Å². The molecule has 0 fully saturated rings. The molecular weight excluding hydrogens is 368 g/mol. The Hall–Kier alpha value is -2.45. The number of nitrogens with one attached hydrogen (secondary N) is 2. The lowest BCUT2D eigenvalue weighted by atomic mass is 10.1. The molecule has 1 unspecified atom stereocenters. The predicted molar refractivity (Wildman–Crippen MR) is 113 cm³/mol. The molecule has 1 aliphatic heterocycles. The van der Waals surface area contributed by atoms with Gasteiger partial charge in [-0.2, -0.15) is 5.10 Å². The van der Waals surface area contributed by atoms with Crippen LogP contribution in [0, 0.1) is 0 Å². The number of hydrogen-bond acceptors (Lipinski definition) is 5. The Morgan fingerprint density at radius 2 is 2.07 bits per heavy atom. The fourth-order valence-corrected chi connectivity index (χ4v) is 3.41. The molecule has 8 nitrogen and oxygen atoms in total. The summed E-state index contributed by atoms with van der Waals surface area (Å²) < 4.78 is 12.7. The molecule has 8 heteroatoms. The van der Waals surface area contributed by atoms with Gasteiger partial charge in [-0.15, -0.1) is 0 Å². The van der Waals surface area contributed by atoms with Crippen LogP contribution in [0.2, 0.25) is 0 Å². The van der Waals surface area contributed by atoms with Gasteiger partial charge >= 0.3 is 0 Å². The third-order valence-corrected chi connectivity index (χ3v) is 4.85. The number of benzene rings is 1. The van der Waals surface area contributed by atoms with Gasteiger partial charge in [0.15, 0.2) is 11.8 Å². The van der Waals surface area contributed by atoms with Crippen LogP contribution in [-0.4, -0.2) is 47.0 Å². The van der Waals surface area contributed by atoms with E-state index in [9.17, 15) is 0 Å². The molecule has 3 rings (SSSR count). The molecule has 0 bridgehead atoms. The molecule has 0 spiro atoms. The van der Waals surface area contributed by atoms with Gasteiger partial charge in [-0.1, -0.05) is 24.3 Å². The van der Waals surface area contributed by atoms with E-state index >= 15 is 0 Å². The highest BCUT2D eigenvalue weighted by molar-refractivity contribution is 5.80. The van der Waals surface area contributed by atoms with Crippen LogP contribution < -0.4 is 10.6 Å². The molecule has 2 N–H and O–H groups in total. The maximum absolute atomic E-state index is 5.58. The van der Waals surface area contributed by atoms with E-state index < -0.39 is 0 Å². The van der Waals surface area contributed by atoms with Crippen molar-refractivity contribution >= 4 is 5.96 Å². The number of nitrogens with zero attached hydrogens (tertiary/aromatic N) is 4. The van der Waals surface area contributed by atoms with Gasteiger partial charge in [-0.25, -0.2) is 14.7 Å². The largest absolute Gasteiger partial charge is 0.377 e. The summed E-state index contributed by atoms with van der Waals surface area (Å²) in [5.41, 5.74) is 2.37. The standard InChI is InChI=1S/C21H32N6O2/c1-4-22-21(23-12-16-8-6-7-9-17(16)14-29-5-2)24-18-10-11-20-25-19(15-28-3)26-27(20)13-18/h6-9,18H,4-5,10-15H2,1-3H3,(H2,22,23,24). The van der Waals surface area contributed by atoms with E-state index in [2.05, 4.69) is 39.8 Å². The summed E-state index contributed by atoms with van der Waals surface area (Å²) >= 11 is 0. The molecule has 158 valence electrons. The number of hydrogen-bond donors (Lipinski definition) is 2. The fourth-order valence-electron chi connectivity index (χ4n) is 3.41. The summed E-state index contributed by atoms with van der Waals surface area (Å²) in [7, 11) is 1.66. The maximum atomic E-state index is 5.58. The van der Waals surface area contributed by atoms with E-state index in [1.54, 1.807) is 7.11 Å². The van der Waals surface area contributed by atoms with E-state index in [0.29, 0.717) is 26.4 Å². The molecular formula is C21H32N6O2. The average Bonchev–Trinajstić information content (AvgIpc) is 3.13.